The van der Waals surface area contributed by atoms with E-state index in [2.05, 4.69) is 24.4 Å². The molecule has 1 amide bonds. The van der Waals surface area contributed by atoms with Crippen LogP contribution in [0.2, 0.25) is 0 Å². The molecule has 0 heterocycles. The molecule has 0 saturated heterocycles. The van der Waals surface area contributed by atoms with Gasteiger partial charge in [0.2, 0.25) is 0 Å². The Hall–Kier alpha value is -2.29. The van der Waals surface area contributed by atoms with Crippen LogP contribution in [-0.4, -0.2) is 12.6 Å². The van der Waals surface area contributed by atoms with Gasteiger partial charge in [-0.15, -0.1) is 0 Å². The minimum atomic E-state index is -0.392. The average molecular weight is 297 g/mol. The lowest BCUT2D eigenvalue weighted by atomic mass is 10.1. The molecule has 0 fully saturated rings. The third-order valence-corrected chi connectivity index (χ3v) is 3.43. The zero-order valence-electron chi connectivity index (χ0n) is 13.0. The topological polar surface area (TPSA) is 38.3 Å². The second-order valence-corrected chi connectivity index (χ2v) is 5.30. The molecule has 22 heavy (non-hydrogen) atoms. The normalized spacial score (nSPS) is 10.2. The van der Waals surface area contributed by atoms with Crippen molar-refractivity contribution < 1.29 is 9.53 Å². The van der Waals surface area contributed by atoms with Gasteiger partial charge in [0, 0.05) is 6.54 Å². The van der Waals surface area contributed by atoms with E-state index in [0.717, 1.165) is 25.7 Å². The molecule has 3 nitrogen and oxygen atoms in total. The van der Waals surface area contributed by atoms with Gasteiger partial charge in [-0.3, -0.25) is 0 Å². The van der Waals surface area contributed by atoms with Crippen LogP contribution in [0.5, 0.6) is 5.75 Å². The summed E-state index contributed by atoms with van der Waals surface area (Å²) >= 11 is 0. The molecule has 2 rings (SSSR count). The van der Waals surface area contributed by atoms with Crippen molar-refractivity contribution in [1.29, 1.82) is 0 Å². The van der Waals surface area contributed by atoms with Gasteiger partial charge in [0.15, 0.2) is 0 Å². The summed E-state index contributed by atoms with van der Waals surface area (Å²) < 4.78 is 5.25. The Balaban J connectivity index is 1.67. The number of hydrogen-bond acceptors (Lipinski definition) is 2. The van der Waals surface area contributed by atoms with E-state index in [1.807, 2.05) is 42.5 Å². The van der Waals surface area contributed by atoms with Crippen LogP contribution in [0.1, 0.15) is 30.9 Å². The third-order valence-electron chi connectivity index (χ3n) is 3.43. The Morgan fingerprint density at radius 1 is 0.955 bits per heavy atom. The summed E-state index contributed by atoms with van der Waals surface area (Å²) in [4.78, 5) is 11.7. The van der Waals surface area contributed by atoms with E-state index in [0.29, 0.717) is 12.3 Å². The van der Waals surface area contributed by atoms with Crippen molar-refractivity contribution in [3.63, 3.8) is 0 Å². The van der Waals surface area contributed by atoms with Crippen LogP contribution >= 0.6 is 0 Å². The Kier molecular flexibility index (Phi) is 6.49. The fourth-order valence-electron chi connectivity index (χ4n) is 2.28. The molecule has 2 aromatic carbocycles. The molecule has 0 aromatic heterocycles. The number of benzene rings is 2. The molecule has 0 saturated carbocycles. The Labute approximate surface area is 132 Å². The highest BCUT2D eigenvalue weighted by Crippen LogP contribution is 2.13. The van der Waals surface area contributed by atoms with Gasteiger partial charge >= 0.3 is 6.09 Å². The minimum absolute atomic E-state index is 0.392. The van der Waals surface area contributed by atoms with E-state index < -0.39 is 6.09 Å². The molecule has 0 spiro atoms. The van der Waals surface area contributed by atoms with Crippen molar-refractivity contribution >= 4 is 6.09 Å². The molecule has 3 heteroatoms. The van der Waals surface area contributed by atoms with Gasteiger partial charge in [0.1, 0.15) is 5.75 Å². The lowest BCUT2D eigenvalue weighted by Gasteiger charge is -2.07. The first kappa shape index (κ1) is 16.1. The largest absolute Gasteiger partial charge is 0.412 e. The van der Waals surface area contributed by atoms with Crippen molar-refractivity contribution in [2.24, 2.45) is 0 Å². The molecule has 116 valence electrons. The van der Waals surface area contributed by atoms with E-state index in [-0.39, 0.29) is 0 Å². The van der Waals surface area contributed by atoms with Gasteiger partial charge in [-0.1, -0.05) is 55.8 Å². The molecular weight excluding hydrogens is 274 g/mol. The fourth-order valence-corrected chi connectivity index (χ4v) is 2.28. The summed E-state index contributed by atoms with van der Waals surface area (Å²) in [7, 11) is 0. The molecule has 0 radical (unpaired) electrons. The zero-order chi connectivity index (χ0) is 15.6. The van der Waals surface area contributed by atoms with Crippen molar-refractivity contribution in [3.8, 4) is 5.75 Å². The highest BCUT2D eigenvalue weighted by Gasteiger charge is 2.03. The molecule has 0 aliphatic heterocycles. The lowest BCUT2D eigenvalue weighted by Crippen LogP contribution is -2.27. The van der Waals surface area contributed by atoms with Crippen LogP contribution in [0.15, 0.2) is 54.6 Å². The number of ether oxygens (including phenoxy) is 1. The van der Waals surface area contributed by atoms with Crippen LogP contribution in [0.4, 0.5) is 4.79 Å². The maximum atomic E-state index is 11.7. The summed E-state index contributed by atoms with van der Waals surface area (Å²) in [5.74, 6) is 0.584. The van der Waals surface area contributed by atoms with E-state index in [9.17, 15) is 4.79 Å². The van der Waals surface area contributed by atoms with E-state index in [4.69, 9.17) is 4.74 Å². The summed E-state index contributed by atoms with van der Waals surface area (Å²) in [6.07, 6.45) is 3.62. The Morgan fingerprint density at radius 2 is 1.64 bits per heavy atom. The summed E-state index contributed by atoms with van der Waals surface area (Å²) in [6.45, 7) is 2.76. The minimum Gasteiger partial charge on any atom is -0.410 e. The zero-order valence-corrected chi connectivity index (χ0v) is 13.0. The monoisotopic (exact) mass is 297 g/mol. The highest BCUT2D eigenvalue weighted by molar-refractivity contribution is 5.70. The maximum Gasteiger partial charge on any atom is 0.412 e. The predicted molar refractivity (Wildman–Crippen MR) is 89.2 cm³/mol. The van der Waals surface area contributed by atoms with Gasteiger partial charge in [0.25, 0.3) is 0 Å². The van der Waals surface area contributed by atoms with E-state index in [1.165, 1.54) is 11.1 Å². The fraction of sp³-hybridized carbons (Fsp3) is 0.316. The Bertz CT molecular complexity index is 564. The molecule has 0 aliphatic carbocycles. The number of carbonyl (C=O) groups is 1. The van der Waals surface area contributed by atoms with Gasteiger partial charge in [-0.25, -0.2) is 4.79 Å². The SMILES string of the molecule is CCCc1ccc(OC(=O)NCCCc2ccccc2)cc1. The van der Waals surface area contributed by atoms with Crippen LogP contribution in [0, 0.1) is 0 Å². The van der Waals surface area contributed by atoms with Gasteiger partial charge in [0.05, 0.1) is 0 Å². The summed E-state index contributed by atoms with van der Waals surface area (Å²) in [5, 5.41) is 2.78. The summed E-state index contributed by atoms with van der Waals surface area (Å²) in [5.41, 5.74) is 2.54. The molecule has 2 aromatic rings. The maximum absolute atomic E-state index is 11.7. The van der Waals surface area contributed by atoms with E-state index >= 15 is 0 Å². The Morgan fingerprint density at radius 3 is 2.32 bits per heavy atom. The highest BCUT2D eigenvalue weighted by atomic mass is 16.5. The standard InChI is InChI=1S/C19H23NO2/c1-2-7-16-11-13-18(14-12-16)22-19(21)20-15-6-10-17-8-4-3-5-9-17/h3-5,8-9,11-14H,2,6-7,10,15H2,1H3,(H,20,21). The molecule has 0 atom stereocenters. The quantitative estimate of drug-likeness (QED) is 0.771. The summed E-state index contributed by atoms with van der Waals surface area (Å²) in [6, 6.07) is 17.9. The number of aryl methyl sites for hydroxylation is 2. The lowest BCUT2D eigenvalue weighted by molar-refractivity contribution is 0.200. The molecule has 0 aliphatic rings. The first-order chi connectivity index (χ1) is 10.8. The van der Waals surface area contributed by atoms with Crippen molar-refractivity contribution in [2.45, 2.75) is 32.6 Å². The number of carbonyl (C=O) groups excluding carboxylic acids is 1. The first-order valence-corrected chi connectivity index (χ1v) is 7.86. The molecule has 0 bridgehead atoms. The number of hydrogen-bond donors (Lipinski definition) is 1. The molecule has 1 N–H and O–H groups in total. The van der Waals surface area contributed by atoms with E-state index in [1.54, 1.807) is 0 Å². The van der Waals surface area contributed by atoms with Crippen molar-refractivity contribution in [3.05, 3.63) is 65.7 Å². The van der Waals surface area contributed by atoms with Crippen molar-refractivity contribution in [2.75, 3.05) is 6.54 Å². The molecule has 0 unspecified atom stereocenters. The van der Waals surface area contributed by atoms with Crippen LogP contribution in [0.3, 0.4) is 0 Å². The third kappa shape index (κ3) is 5.60. The van der Waals surface area contributed by atoms with Crippen LogP contribution < -0.4 is 10.1 Å². The smallest absolute Gasteiger partial charge is 0.410 e. The molecular formula is C19H23NO2. The average Bonchev–Trinajstić information content (AvgIpc) is 2.55. The first-order valence-electron chi connectivity index (χ1n) is 7.86. The predicted octanol–water partition coefficient (Wildman–Crippen LogP) is 4.36. The number of nitrogens with one attached hydrogen (secondary N) is 1. The van der Waals surface area contributed by atoms with Gasteiger partial charge in [-0.05, 0) is 42.5 Å². The number of amides is 1. The van der Waals surface area contributed by atoms with Gasteiger partial charge < -0.3 is 10.1 Å². The van der Waals surface area contributed by atoms with Gasteiger partial charge in [-0.2, -0.15) is 0 Å². The van der Waals surface area contributed by atoms with Crippen LogP contribution in [0.25, 0.3) is 0 Å². The second kappa shape index (κ2) is 8.88. The van der Waals surface area contributed by atoms with Crippen molar-refractivity contribution in [1.82, 2.24) is 5.32 Å². The number of rotatable bonds is 7. The second-order valence-electron chi connectivity index (χ2n) is 5.30. The van der Waals surface area contributed by atoms with Crippen LogP contribution in [-0.2, 0) is 12.8 Å².